The lowest BCUT2D eigenvalue weighted by Gasteiger charge is -2.14. The van der Waals surface area contributed by atoms with Crippen molar-refractivity contribution in [3.05, 3.63) is 83.0 Å². The number of amides is 1. The van der Waals surface area contributed by atoms with Gasteiger partial charge < -0.3 is 14.1 Å². The Morgan fingerprint density at radius 1 is 1.14 bits per heavy atom. The van der Waals surface area contributed by atoms with Gasteiger partial charge in [-0.1, -0.05) is 36.4 Å². The van der Waals surface area contributed by atoms with Crippen molar-refractivity contribution in [2.75, 3.05) is 7.11 Å². The highest BCUT2D eigenvalue weighted by Crippen LogP contribution is 2.29. The molecule has 0 saturated heterocycles. The maximum atomic E-state index is 13.3. The summed E-state index contributed by atoms with van der Waals surface area (Å²) >= 11 is 0. The summed E-state index contributed by atoms with van der Waals surface area (Å²) in [5.74, 6) is 1.25. The van der Waals surface area contributed by atoms with Gasteiger partial charge in [-0.3, -0.25) is 4.79 Å². The first-order valence-corrected chi connectivity index (χ1v) is 9.03. The Bertz CT molecular complexity index is 1160. The van der Waals surface area contributed by atoms with Crippen LogP contribution in [0.15, 0.2) is 59.3 Å². The molecule has 0 N–H and O–H groups in total. The van der Waals surface area contributed by atoms with Gasteiger partial charge in [0.2, 0.25) is 5.76 Å². The monoisotopic (exact) mass is 374 g/mol. The highest BCUT2D eigenvalue weighted by Gasteiger charge is 2.30. The van der Waals surface area contributed by atoms with Crippen LogP contribution in [0.1, 0.15) is 32.9 Å². The maximum Gasteiger partial charge on any atom is 0.325 e. The van der Waals surface area contributed by atoms with Gasteiger partial charge in [0, 0.05) is 19.5 Å². The molecule has 1 amide bonds. The number of hydrogen-bond acceptors (Lipinski definition) is 5. The fourth-order valence-electron chi connectivity index (χ4n) is 3.63. The summed E-state index contributed by atoms with van der Waals surface area (Å²) in [6.07, 6.45) is 1.96. The number of nitrogens with zero attached hydrogens (tertiary/aromatic N) is 4. The average molecular weight is 374 g/mol. The van der Waals surface area contributed by atoms with Crippen LogP contribution in [-0.4, -0.2) is 32.5 Å². The Kier molecular flexibility index (Phi) is 3.86. The molecule has 0 bridgehead atoms. The lowest BCUT2D eigenvalue weighted by Crippen LogP contribution is -2.26. The molecule has 0 atom stereocenters. The minimum atomic E-state index is -0.159. The second kappa shape index (κ2) is 6.53. The molecule has 140 valence electrons. The number of aromatic nitrogens is 3. The van der Waals surface area contributed by atoms with Gasteiger partial charge in [0.05, 0.1) is 7.11 Å². The zero-order valence-corrected chi connectivity index (χ0v) is 15.3. The van der Waals surface area contributed by atoms with Gasteiger partial charge in [-0.15, -0.1) is 0 Å². The van der Waals surface area contributed by atoms with Gasteiger partial charge in [-0.2, -0.15) is 14.6 Å². The lowest BCUT2D eigenvalue weighted by atomic mass is 10.1. The number of rotatable bonds is 4. The fraction of sp³-hybridized carbons (Fsp3) is 0.190. The van der Waals surface area contributed by atoms with E-state index in [9.17, 15) is 4.79 Å². The third kappa shape index (κ3) is 2.72. The first-order valence-electron chi connectivity index (χ1n) is 9.03. The standard InChI is InChI=1S/C21H18N4O3/c1-27-17-8-7-15-11-24(12-16(15)10-17)20(26)19-18(9-14-5-3-2-4-6-14)25-21(28-19)22-13-23-25/h2-8,10,13H,9,11-12H2,1H3. The predicted molar refractivity (Wildman–Crippen MR) is 101 cm³/mol. The largest absolute Gasteiger partial charge is 0.497 e. The van der Waals surface area contributed by atoms with Crippen molar-refractivity contribution in [2.45, 2.75) is 19.5 Å². The van der Waals surface area contributed by atoms with Crippen molar-refractivity contribution < 1.29 is 13.9 Å². The SMILES string of the molecule is COc1ccc2c(c1)CN(C(=O)c1oc3ncnn3c1Cc1ccccc1)C2. The van der Waals surface area contributed by atoms with E-state index in [0.29, 0.717) is 36.8 Å². The Balaban J connectivity index is 1.48. The van der Waals surface area contributed by atoms with Crippen LogP contribution in [0.2, 0.25) is 0 Å². The topological polar surface area (TPSA) is 72.9 Å². The molecule has 5 rings (SSSR count). The number of fused-ring (bicyclic) bond motifs is 2. The van der Waals surface area contributed by atoms with E-state index in [2.05, 4.69) is 10.1 Å². The molecule has 0 radical (unpaired) electrons. The van der Waals surface area contributed by atoms with E-state index < -0.39 is 0 Å². The summed E-state index contributed by atoms with van der Waals surface area (Å²) in [5.41, 5.74) is 3.99. The van der Waals surface area contributed by atoms with Crippen LogP contribution in [0.3, 0.4) is 0 Å². The van der Waals surface area contributed by atoms with Gasteiger partial charge in [0.25, 0.3) is 5.91 Å². The van der Waals surface area contributed by atoms with Crippen LogP contribution in [0.4, 0.5) is 0 Å². The number of oxazole rings is 1. The molecule has 1 aliphatic rings. The van der Waals surface area contributed by atoms with Crippen molar-refractivity contribution in [2.24, 2.45) is 0 Å². The smallest absolute Gasteiger partial charge is 0.325 e. The first-order chi connectivity index (χ1) is 13.7. The van der Waals surface area contributed by atoms with E-state index in [4.69, 9.17) is 9.15 Å². The molecule has 0 saturated carbocycles. The van der Waals surface area contributed by atoms with Gasteiger partial charge >= 0.3 is 5.84 Å². The number of carbonyl (C=O) groups excluding carboxylic acids is 1. The van der Waals surface area contributed by atoms with E-state index in [0.717, 1.165) is 22.4 Å². The van der Waals surface area contributed by atoms with Crippen molar-refractivity contribution in [1.82, 2.24) is 19.5 Å². The average Bonchev–Trinajstić information content (AvgIpc) is 3.43. The Labute approximate surface area is 161 Å². The van der Waals surface area contributed by atoms with E-state index in [1.807, 2.05) is 48.5 Å². The van der Waals surface area contributed by atoms with Crippen molar-refractivity contribution in [1.29, 1.82) is 0 Å². The first kappa shape index (κ1) is 16.6. The highest BCUT2D eigenvalue weighted by atomic mass is 16.5. The van der Waals surface area contributed by atoms with E-state index in [1.54, 1.807) is 16.5 Å². The molecule has 0 unspecified atom stereocenters. The molecule has 7 heteroatoms. The van der Waals surface area contributed by atoms with Gasteiger partial charge in [-0.05, 0) is 28.8 Å². The zero-order chi connectivity index (χ0) is 19.1. The molecule has 0 aliphatic carbocycles. The van der Waals surface area contributed by atoms with Crippen molar-refractivity contribution in [3.63, 3.8) is 0 Å². The molecule has 2 aromatic heterocycles. The van der Waals surface area contributed by atoms with E-state index in [-0.39, 0.29) is 5.91 Å². The Hall–Kier alpha value is -3.61. The van der Waals surface area contributed by atoms with Gasteiger partial charge in [-0.25, -0.2) is 0 Å². The predicted octanol–water partition coefficient (Wildman–Crippen LogP) is 3.08. The van der Waals surface area contributed by atoms with Crippen LogP contribution in [0.5, 0.6) is 5.75 Å². The number of carbonyl (C=O) groups is 1. The van der Waals surface area contributed by atoms with Crippen LogP contribution in [-0.2, 0) is 19.5 Å². The summed E-state index contributed by atoms with van der Waals surface area (Å²) in [6, 6.07) is 15.8. The Morgan fingerprint density at radius 3 is 2.79 bits per heavy atom. The zero-order valence-electron chi connectivity index (χ0n) is 15.3. The lowest BCUT2D eigenvalue weighted by molar-refractivity contribution is 0.0719. The van der Waals surface area contributed by atoms with Crippen LogP contribution in [0.25, 0.3) is 5.84 Å². The number of ether oxygens (including phenoxy) is 1. The summed E-state index contributed by atoms with van der Waals surface area (Å²) in [6.45, 7) is 1.06. The molecule has 0 spiro atoms. The van der Waals surface area contributed by atoms with Gasteiger partial charge in [0.15, 0.2) is 0 Å². The van der Waals surface area contributed by atoms with Crippen LogP contribution >= 0.6 is 0 Å². The second-order valence-corrected chi connectivity index (χ2v) is 6.79. The minimum Gasteiger partial charge on any atom is -0.497 e. The molecular weight excluding hydrogens is 356 g/mol. The van der Waals surface area contributed by atoms with E-state index >= 15 is 0 Å². The summed E-state index contributed by atoms with van der Waals surface area (Å²) < 4.78 is 12.7. The van der Waals surface area contributed by atoms with Crippen molar-refractivity contribution >= 4 is 11.8 Å². The number of methoxy groups -OCH3 is 1. The van der Waals surface area contributed by atoms with Crippen LogP contribution in [0, 0.1) is 0 Å². The second-order valence-electron chi connectivity index (χ2n) is 6.79. The maximum absolute atomic E-state index is 13.3. The summed E-state index contributed by atoms with van der Waals surface area (Å²) in [4.78, 5) is 19.2. The minimum absolute atomic E-state index is 0.159. The quantitative estimate of drug-likeness (QED) is 0.549. The van der Waals surface area contributed by atoms with Gasteiger partial charge in [0.1, 0.15) is 17.8 Å². The molecule has 28 heavy (non-hydrogen) atoms. The van der Waals surface area contributed by atoms with E-state index in [1.165, 1.54) is 6.33 Å². The molecular formula is C21H18N4O3. The Morgan fingerprint density at radius 2 is 1.96 bits per heavy atom. The van der Waals surface area contributed by atoms with Crippen molar-refractivity contribution in [3.8, 4) is 5.75 Å². The molecule has 2 aromatic carbocycles. The summed E-state index contributed by atoms with van der Waals surface area (Å²) in [7, 11) is 1.64. The number of hydrogen-bond donors (Lipinski definition) is 0. The number of benzene rings is 2. The highest BCUT2D eigenvalue weighted by molar-refractivity contribution is 5.93. The molecule has 1 aliphatic heterocycles. The third-order valence-corrected chi connectivity index (χ3v) is 5.06. The van der Waals surface area contributed by atoms with Crippen LogP contribution < -0.4 is 4.74 Å². The fourth-order valence-corrected chi connectivity index (χ4v) is 3.63. The normalized spacial score (nSPS) is 13.1. The molecule has 0 fully saturated rings. The molecule has 7 nitrogen and oxygen atoms in total. The summed E-state index contributed by atoms with van der Waals surface area (Å²) in [5, 5.41) is 4.23. The third-order valence-electron chi connectivity index (χ3n) is 5.06. The molecule has 4 aromatic rings. The molecule has 3 heterocycles.